The van der Waals surface area contributed by atoms with Crippen LogP contribution in [0.4, 0.5) is 0 Å². The molecular weight excluding hydrogens is 206 g/mol. The summed E-state index contributed by atoms with van der Waals surface area (Å²) in [5.41, 5.74) is 2.17. The molecule has 0 spiro atoms. The van der Waals surface area contributed by atoms with Gasteiger partial charge in [0, 0.05) is 16.6 Å². The van der Waals surface area contributed by atoms with E-state index in [2.05, 4.69) is 34.7 Å². The highest BCUT2D eigenvalue weighted by Crippen LogP contribution is 2.27. The Kier molecular flexibility index (Phi) is 1.95. The first kappa shape index (κ1) is 8.85. The Morgan fingerprint density at radius 3 is 3.13 bits per heavy atom. The van der Waals surface area contributed by atoms with Crippen molar-refractivity contribution in [3.05, 3.63) is 23.6 Å². The van der Waals surface area contributed by atoms with Crippen LogP contribution in [0.25, 0.3) is 21.1 Å². The van der Waals surface area contributed by atoms with Crippen LogP contribution in [0.5, 0.6) is 0 Å². The normalized spacial score (nSPS) is 11.5. The first-order chi connectivity index (χ1) is 7.40. The Labute approximate surface area is 91.3 Å². The highest BCUT2D eigenvalue weighted by atomic mass is 32.1. The van der Waals surface area contributed by atoms with Crippen LogP contribution in [0.3, 0.4) is 0 Å². The molecule has 2 heterocycles. The van der Waals surface area contributed by atoms with Gasteiger partial charge < -0.3 is 0 Å². The van der Waals surface area contributed by atoms with E-state index in [1.54, 1.807) is 11.3 Å². The summed E-state index contributed by atoms with van der Waals surface area (Å²) < 4.78 is 3.31. The second kappa shape index (κ2) is 3.31. The summed E-state index contributed by atoms with van der Waals surface area (Å²) in [6.45, 7) is 3.09. The molecule has 0 amide bonds. The maximum Gasteiger partial charge on any atom is 0.113 e. The minimum atomic E-state index is 0.936. The second-order valence-corrected chi connectivity index (χ2v) is 4.53. The fourth-order valence-corrected chi connectivity index (χ4v) is 2.67. The van der Waals surface area contributed by atoms with Crippen molar-refractivity contribution in [2.24, 2.45) is 0 Å². The van der Waals surface area contributed by atoms with Crippen LogP contribution >= 0.6 is 11.3 Å². The highest BCUT2D eigenvalue weighted by molar-refractivity contribution is 7.17. The van der Waals surface area contributed by atoms with Gasteiger partial charge in [-0.15, -0.1) is 16.4 Å². The first-order valence-electron chi connectivity index (χ1n) is 5.09. The molecule has 0 saturated carbocycles. The summed E-state index contributed by atoms with van der Waals surface area (Å²) in [6, 6.07) is 6.32. The predicted octanol–water partition coefficient (Wildman–Crippen LogP) is 3.06. The van der Waals surface area contributed by atoms with E-state index in [0.29, 0.717) is 0 Å². The van der Waals surface area contributed by atoms with Crippen molar-refractivity contribution in [3.8, 4) is 0 Å². The molecule has 76 valence electrons. The molecule has 0 N–H and O–H groups in total. The fraction of sp³-hybridized carbons (Fsp3) is 0.273. The van der Waals surface area contributed by atoms with Crippen LogP contribution in [0.1, 0.15) is 13.3 Å². The topological polar surface area (TPSA) is 30.7 Å². The van der Waals surface area contributed by atoms with Crippen molar-refractivity contribution >= 4 is 32.5 Å². The van der Waals surface area contributed by atoms with E-state index in [1.807, 2.05) is 10.7 Å². The summed E-state index contributed by atoms with van der Waals surface area (Å²) >= 11 is 1.76. The molecule has 0 saturated heterocycles. The molecule has 0 atom stereocenters. The van der Waals surface area contributed by atoms with Crippen LogP contribution in [-0.4, -0.2) is 15.0 Å². The molecule has 3 nitrogen and oxygen atoms in total. The van der Waals surface area contributed by atoms with Crippen molar-refractivity contribution in [1.29, 1.82) is 0 Å². The minimum absolute atomic E-state index is 0.936. The van der Waals surface area contributed by atoms with E-state index in [4.69, 9.17) is 0 Å². The van der Waals surface area contributed by atoms with Gasteiger partial charge in [0.1, 0.15) is 5.52 Å². The second-order valence-electron chi connectivity index (χ2n) is 3.58. The van der Waals surface area contributed by atoms with Gasteiger partial charge in [0.05, 0.1) is 5.52 Å². The number of aromatic nitrogens is 3. The molecule has 15 heavy (non-hydrogen) atoms. The van der Waals surface area contributed by atoms with Crippen LogP contribution < -0.4 is 0 Å². The number of fused-ring (bicyclic) bond motifs is 3. The van der Waals surface area contributed by atoms with E-state index in [-0.39, 0.29) is 0 Å². The largest absolute Gasteiger partial charge is 0.244 e. The molecule has 3 aromatic rings. The standard InChI is InChI=1S/C11H11N3S/c1-2-6-14-11-8-5-7-15-10(8)4-3-9(11)12-13-14/h3-5,7H,2,6H2,1H3. The van der Waals surface area contributed by atoms with Crippen LogP contribution in [0.2, 0.25) is 0 Å². The smallest absolute Gasteiger partial charge is 0.113 e. The Balaban J connectivity index is 2.41. The van der Waals surface area contributed by atoms with E-state index in [0.717, 1.165) is 18.5 Å². The Morgan fingerprint density at radius 1 is 1.33 bits per heavy atom. The van der Waals surface area contributed by atoms with Gasteiger partial charge in [-0.3, -0.25) is 0 Å². The molecule has 0 bridgehead atoms. The lowest BCUT2D eigenvalue weighted by molar-refractivity contribution is 0.597. The number of thiophene rings is 1. The molecule has 4 heteroatoms. The van der Waals surface area contributed by atoms with Crippen LogP contribution in [0, 0.1) is 0 Å². The quantitative estimate of drug-likeness (QED) is 0.660. The average molecular weight is 217 g/mol. The number of aryl methyl sites for hydroxylation is 1. The highest BCUT2D eigenvalue weighted by Gasteiger charge is 2.08. The number of nitrogens with zero attached hydrogens (tertiary/aromatic N) is 3. The summed E-state index contributed by atoms with van der Waals surface area (Å²) in [7, 11) is 0. The fourth-order valence-electron chi connectivity index (χ4n) is 1.88. The first-order valence-corrected chi connectivity index (χ1v) is 5.97. The van der Waals surface area contributed by atoms with Gasteiger partial charge in [-0.2, -0.15) is 0 Å². The summed E-state index contributed by atoms with van der Waals surface area (Å²) in [6.07, 6.45) is 1.08. The molecule has 3 rings (SSSR count). The van der Waals surface area contributed by atoms with E-state index in [1.165, 1.54) is 15.6 Å². The summed E-state index contributed by atoms with van der Waals surface area (Å²) in [4.78, 5) is 0. The lowest BCUT2D eigenvalue weighted by Gasteiger charge is -1.99. The molecule has 1 aromatic carbocycles. The molecular formula is C11H11N3S. The predicted molar refractivity (Wildman–Crippen MR) is 63.2 cm³/mol. The lowest BCUT2D eigenvalue weighted by Crippen LogP contribution is -1.98. The molecule has 0 aliphatic carbocycles. The van der Waals surface area contributed by atoms with Gasteiger partial charge in [0.15, 0.2) is 0 Å². The maximum atomic E-state index is 4.19. The lowest BCUT2D eigenvalue weighted by atomic mass is 10.2. The van der Waals surface area contributed by atoms with Crippen molar-refractivity contribution < 1.29 is 0 Å². The van der Waals surface area contributed by atoms with Crippen molar-refractivity contribution in [3.63, 3.8) is 0 Å². The summed E-state index contributed by atoms with van der Waals surface area (Å²) in [5, 5.41) is 11.8. The Hall–Kier alpha value is -1.42. The third kappa shape index (κ3) is 1.25. The van der Waals surface area contributed by atoms with E-state index < -0.39 is 0 Å². The monoisotopic (exact) mass is 217 g/mol. The van der Waals surface area contributed by atoms with Gasteiger partial charge in [-0.1, -0.05) is 12.1 Å². The molecule has 0 aliphatic heterocycles. The zero-order valence-electron chi connectivity index (χ0n) is 8.47. The van der Waals surface area contributed by atoms with Crippen molar-refractivity contribution in [1.82, 2.24) is 15.0 Å². The van der Waals surface area contributed by atoms with E-state index >= 15 is 0 Å². The van der Waals surface area contributed by atoms with Crippen molar-refractivity contribution in [2.45, 2.75) is 19.9 Å². The van der Waals surface area contributed by atoms with Gasteiger partial charge in [0.2, 0.25) is 0 Å². The molecule has 2 aromatic heterocycles. The van der Waals surface area contributed by atoms with Gasteiger partial charge >= 0.3 is 0 Å². The van der Waals surface area contributed by atoms with E-state index in [9.17, 15) is 0 Å². The molecule has 0 radical (unpaired) electrons. The van der Waals surface area contributed by atoms with Crippen molar-refractivity contribution in [2.75, 3.05) is 0 Å². The molecule has 0 fully saturated rings. The zero-order chi connectivity index (χ0) is 10.3. The third-order valence-electron chi connectivity index (χ3n) is 2.54. The minimum Gasteiger partial charge on any atom is -0.244 e. The molecule has 0 aliphatic rings. The average Bonchev–Trinajstić information content (AvgIpc) is 2.83. The number of hydrogen-bond donors (Lipinski definition) is 0. The van der Waals surface area contributed by atoms with Gasteiger partial charge in [-0.25, -0.2) is 4.68 Å². The van der Waals surface area contributed by atoms with Gasteiger partial charge in [-0.05, 0) is 30.0 Å². The number of hydrogen-bond acceptors (Lipinski definition) is 3. The molecule has 0 unspecified atom stereocenters. The zero-order valence-corrected chi connectivity index (χ0v) is 9.29. The Morgan fingerprint density at radius 2 is 2.27 bits per heavy atom. The summed E-state index contributed by atoms with van der Waals surface area (Å²) in [5.74, 6) is 0. The number of benzene rings is 1. The SMILES string of the molecule is CCCn1nnc2ccc3sccc3c21. The van der Waals surface area contributed by atoms with Crippen LogP contribution in [0.15, 0.2) is 23.6 Å². The Bertz CT molecular complexity index is 608. The number of rotatable bonds is 2. The third-order valence-corrected chi connectivity index (χ3v) is 3.42. The van der Waals surface area contributed by atoms with Crippen LogP contribution in [-0.2, 0) is 6.54 Å². The van der Waals surface area contributed by atoms with Gasteiger partial charge in [0.25, 0.3) is 0 Å². The maximum absolute atomic E-state index is 4.19.